The molecule has 0 radical (unpaired) electrons. The molecule has 0 atom stereocenters. The van der Waals surface area contributed by atoms with Gasteiger partial charge in [-0.2, -0.15) is 0 Å². The molecule has 7 nitrogen and oxygen atoms in total. The van der Waals surface area contributed by atoms with E-state index in [1.807, 2.05) is 19.1 Å². The van der Waals surface area contributed by atoms with E-state index in [1.54, 1.807) is 13.0 Å². The fourth-order valence-corrected chi connectivity index (χ4v) is 4.78. The van der Waals surface area contributed by atoms with Crippen LogP contribution in [0.5, 0.6) is 0 Å². The fourth-order valence-electron chi connectivity index (χ4n) is 3.56. The Bertz CT molecular complexity index is 1040. The first-order valence-corrected chi connectivity index (χ1v) is 11.8. The van der Waals surface area contributed by atoms with E-state index in [-0.39, 0.29) is 10.8 Å². The van der Waals surface area contributed by atoms with Gasteiger partial charge < -0.3 is 10.1 Å². The summed E-state index contributed by atoms with van der Waals surface area (Å²) in [5, 5.41) is 2.92. The van der Waals surface area contributed by atoms with Crippen LogP contribution in [0.4, 0.5) is 0 Å². The number of rotatable bonds is 7. The number of hydrogen-bond donors (Lipinski definition) is 1. The first-order chi connectivity index (χ1) is 14.7. The van der Waals surface area contributed by atoms with Gasteiger partial charge in [0.05, 0.1) is 18.1 Å². The second-order valence-electron chi connectivity index (χ2n) is 8.09. The van der Waals surface area contributed by atoms with Gasteiger partial charge in [0.25, 0.3) is 5.91 Å². The van der Waals surface area contributed by atoms with Crippen molar-refractivity contribution in [2.45, 2.75) is 31.8 Å². The van der Waals surface area contributed by atoms with E-state index in [9.17, 15) is 13.2 Å². The van der Waals surface area contributed by atoms with Crippen LogP contribution < -0.4 is 5.32 Å². The maximum absolute atomic E-state index is 12.8. The van der Waals surface area contributed by atoms with Crippen LogP contribution >= 0.6 is 0 Å². The van der Waals surface area contributed by atoms with Crippen molar-refractivity contribution in [2.75, 3.05) is 40.4 Å². The number of benzene rings is 2. The van der Waals surface area contributed by atoms with Crippen LogP contribution in [0.3, 0.4) is 0 Å². The summed E-state index contributed by atoms with van der Waals surface area (Å²) in [4.78, 5) is 15.3. The van der Waals surface area contributed by atoms with Crippen molar-refractivity contribution in [1.29, 1.82) is 0 Å². The Hall–Kier alpha value is -2.26. The molecule has 2 aromatic rings. The van der Waals surface area contributed by atoms with Gasteiger partial charge in [-0.1, -0.05) is 24.3 Å². The average molecular weight is 446 g/mol. The molecule has 1 N–H and O–H groups in total. The van der Waals surface area contributed by atoms with Gasteiger partial charge in [0.1, 0.15) is 0 Å². The van der Waals surface area contributed by atoms with Gasteiger partial charge in [-0.05, 0) is 48.2 Å². The lowest BCUT2D eigenvalue weighted by atomic mass is 10.1. The highest BCUT2D eigenvalue weighted by Gasteiger charge is 2.23. The van der Waals surface area contributed by atoms with Gasteiger partial charge in [-0.3, -0.25) is 9.69 Å². The van der Waals surface area contributed by atoms with Crippen molar-refractivity contribution >= 4 is 15.9 Å². The Morgan fingerprint density at radius 3 is 2.45 bits per heavy atom. The van der Waals surface area contributed by atoms with Gasteiger partial charge in [-0.15, -0.1) is 0 Å². The topological polar surface area (TPSA) is 79.0 Å². The highest BCUT2D eigenvalue weighted by molar-refractivity contribution is 7.89. The van der Waals surface area contributed by atoms with Crippen molar-refractivity contribution < 1.29 is 17.9 Å². The molecule has 2 aromatic carbocycles. The largest absolute Gasteiger partial charge is 0.379 e. The lowest BCUT2D eigenvalue weighted by Crippen LogP contribution is -2.35. The molecule has 1 saturated heterocycles. The van der Waals surface area contributed by atoms with E-state index in [1.165, 1.54) is 25.7 Å². The minimum Gasteiger partial charge on any atom is -0.379 e. The number of amides is 1. The molecule has 0 spiro atoms. The van der Waals surface area contributed by atoms with Gasteiger partial charge >= 0.3 is 0 Å². The Morgan fingerprint density at radius 1 is 1.10 bits per heavy atom. The van der Waals surface area contributed by atoms with Gasteiger partial charge in [0.2, 0.25) is 10.0 Å². The number of sulfonamides is 1. The molecule has 8 heteroatoms. The molecule has 1 fully saturated rings. The quantitative estimate of drug-likeness (QED) is 0.708. The summed E-state index contributed by atoms with van der Waals surface area (Å²) < 4.78 is 31.8. The monoisotopic (exact) mass is 445 g/mol. The van der Waals surface area contributed by atoms with E-state index in [2.05, 4.69) is 22.3 Å². The molecule has 0 unspecified atom stereocenters. The standard InChI is InChI=1S/C23H31N3O4S/c1-17-12-21(14-22(18(17)2)31(28,29)25(3)4)23(27)24-15-19-6-5-7-20(13-19)16-26-8-10-30-11-9-26/h5-7,12-14H,8-11,15-16H2,1-4H3,(H,24,27). The van der Waals surface area contributed by atoms with Crippen LogP contribution in [-0.4, -0.2) is 63.9 Å². The third kappa shape index (κ3) is 5.71. The molecule has 1 aliphatic rings. The van der Waals surface area contributed by atoms with Crippen LogP contribution in [0, 0.1) is 13.8 Å². The minimum atomic E-state index is -3.63. The molecule has 168 valence electrons. The Balaban J connectivity index is 1.71. The molecule has 0 aliphatic carbocycles. The molecule has 1 aliphatic heterocycles. The summed E-state index contributed by atoms with van der Waals surface area (Å²) in [5.74, 6) is -0.295. The predicted octanol–water partition coefficient (Wildman–Crippen LogP) is 2.32. The molecule has 1 amide bonds. The van der Waals surface area contributed by atoms with Gasteiger partial charge in [-0.25, -0.2) is 12.7 Å². The van der Waals surface area contributed by atoms with Crippen LogP contribution in [0.25, 0.3) is 0 Å². The summed E-state index contributed by atoms with van der Waals surface area (Å²) in [6.07, 6.45) is 0. The van der Waals surface area contributed by atoms with E-state index in [4.69, 9.17) is 4.74 Å². The maximum atomic E-state index is 12.8. The highest BCUT2D eigenvalue weighted by Crippen LogP contribution is 2.23. The zero-order valence-corrected chi connectivity index (χ0v) is 19.5. The van der Waals surface area contributed by atoms with Crippen molar-refractivity contribution in [3.63, 3.8) is 0 Å². The smallest absolute Gasteiger partial charge is 0.251 e. The minimum absolute atomic E-state index is 0.162. The van der Waals surface area contributed by atoms with Crippen molar-refractivity contribution in [2.24, 2.45) is 0 Å². The maximum Gasteiger partial charge on any atom is 0.251 e. The normalized spacial score (nSPS) is 15.3. The summed E-state index contributed by atoms with van der Waals surface area (Å²) in [6, 6.07) is 11.3. The van der Waals surface area contributed by atoms with Crippen molar-refractivity contribution in [1.82, 2.24) is 14.5 Å². The molecule has 3 rings (SSSR count). The van der Waals surface area contributed by atoms with Crippen molar-refractivity contribution in [3.8, 4) is 0 Å². The number of carbonyl (C=O) groups excluding carboxylic acids is 1. The first-order valence-electron chi connectivity index (χ1n) is 10.4. The van der Waals surface area contributed by atoms with Crippen LogP contribution in [0.2, 0.25) is 0 Å². The molecule has 1 heterocycles. The third-order valence-corrected chi connectivity index (χ3v) is 7.54. The summed E-state index contributed by atoms with van der Waals surface area (Å²) in [5.41, 5.74) is 3.96. The Kier molecular flexibility index (Phi) is 7.48. The second-order valence-corrected chi connectivity index (χ2v) is 10.2. The molecular formula is C23H31N3O4S. The van der Waals surface area contributed by atoms with Crippen LogP contribution in [-0.2, 0) is 27.8 Å². The Morgan fingerprint density at radius 2 is 1.77 bits per heavy atom. The van der Waals surface area contributed by atoms with E-state index < -0.39 is 10.0 Å². The number of ether oxygens (including phenoxy) is 1. The lowest BCUT2D eigenvalue weighted by Gasteiger charge is -2.26. The number of morpholine rings is 1. The molecular weight excluding hydrogens is 414 g/mol. The first kappa shape index (κ1) is 23.4. The van der Waals surface area contributed by atoms with Gasteiger partial charge in [0.15, 0.2) is 0 Å². The molecule has 31 heavy (non-hydrogen) atoms. The summed E-state index contributed by atoms with van der Waals surface area (Å²) >= 11 is 0. The number of nitrogens with one attached hydrogen (secondary N) is 1. The van der Waals surface area contributed by atoms with E-state index in [0.717, 1.165) is 48.3 Å². The van der Waals surface area contributed by atoms with Crippen LogP contribution in [0.1, 0.15) is 32.6 Å². The van der Waals surface area contributed by atoms with Crippen molar-refractivity contribution in [3.05, 3.63) is 64.2 Å². The summed E-state index contributed by atoms with van der Waals surface area (Å²) in [7, 11) is -0.659. The van der Waals surface area contributed by atoms with E-state index in [0.29, 0.717) is 17.7 Å². The Labute approximate surface area is 185 Å². The predicted molar refractivity (Wildman–Crippen MR) is 120 cm³/mol. The summed E-state index contributed by atoms with van der Waals surface area (Å²) in [6.45, 7) is 8.17. The highest BCUT2D eigenvalue weighted by atomic mass is 32.2. The average Bonchev–Trinajstić information content (AvgIpc) is 2.74. The van der Waals surface area contributed by atoms with Crippen LogP contribution in [0.15, 0.2) is 41.3 Å². The second kappa shape index (κ2) is 9.91. The number of hydrogen-bond acceptors (Lipinski definition) is 5. The number of aryl methyl sites for hydroxylation is 1. The number of nitrogens with zero attached hydrogens (tertiary/aromatic N) is 2. The lowest BCUT2D eigenvalue weighted by molar-refractivity contribution is 0.0342. The van der Waals surface area contributed by atoms with E-state index >= 15 is 0 Å². The zero-order valence-electron chi connectivity index (χ0n) is 18.6. The fraction of sp³-hybridized carbons (Fsp3) is 0.435. The third-order valence-electron chi connectivity index (χ3n) is 5.59. The zero-order chi connectivity index (χ0) is 22.6. The van der Waals surface area contributed by atoms with Gasteiger partial charge in [0, 0.05) is 45.8 Å². The molecule has 0 saturated carbocycles. The molecule has 0 aromatic heterocycles. The SMILES string of the molecule is Cc1cc(C(=O)NCc2cccc(CN3CCOCC3)c2)cc(S(=O)(=O)N(C)C)c1C. The number of carbonyl (C=O) groups is 1. The molecule has 0 bridgehead atoms.